The highest BCUT2D eigenvalue weighted by Crippen LogP contribution is 2.68. The van der Waals surface area contributed by atoms with E-state index in [9.17, 15) is 9.90 Å². The van der Waals surface area contributed by atoms with Crippen LogP contribution in [0.3, 0.4) is 0 Å². The van der Waals surface area contributed by atoms with Gasteiger partial charge in [-0.2, -0.15) is 0 Å². The molecule has 0 spiro atoms. The van der Waals surface area contributed by atoms with Crippen molar-refractivity contribution >= 4 is 5.78 Å². The molecule has 0 aromatic heterocycles. The molecule has 0 amide bonds. The van der Waals surface area contributed by atoms with E-state index >= 15 is 0 Å². The fourth-order valence-electron chi connectivity index (χ4n) is 7.31. The predicted molar refractivity (Wildman–Crippen MR) is 100 cm³/mol. The lowest BCUT2D eigenvalue weighted by atomic mass is 9.44. The number of aliphatic hydroxyl groups excluding tert-OH is 1. The number of methoxy groups -OCH3 is 1. The van der Waals surface area contributed by atoms with Gasteiger partial charge in [0.05, 0.1) is 12.2 Å². The third kappa shape index (κ3) is 2.48. The third-order valence-electron chi connectivity index (χ3n) is 8.98. The maximum Gasteiger partial charge on any atom is 0.142 e. The minimum atomic E-state index is -0.434. The van der Waals surface area contributed by atoms with E-state index in [0.29, 0.717) is 18.1 Å². The van der Waals surface area contributed by atoms with Gasteiger partial charge in [0, 0.05) is 23.9 Å². The van der Waals surface area contributed by atoms with Crippen molar-refractivity contribution in [2.24, 2.45) is 34.0 Å². The summed E-state index contributed by atoms with van der Waals surface area (Å²) < 4.78 is 5.93. The Kier molecular flexibility index (Phi) is 4.90. The number of ether oxygens (including phenoxy) is 1. The SMILES string of the molecule is CCC[C@]1(C)C[C@@H](O)[C@@]2(C)C3C(OC)CCC3(CC[C@H]2C)[C@@H](C)C1=O. The molecule has 0 saturated heterocycles. The van der Waals surface area contributed by atoms with Crippen molar-refractivity contribution in [3.63, 3.8) is 0 Å². The van der Waals surface area contributed by atoms with Gasteiger partial charge in [-0.15, -0.1) is 0 Å². The number of hydrogen-bond acceptors (Lipinski definition) is 3. The van der Waals surface area contributed by atoms with Crippen LogP contribution in [0.2, 0.25) is 0 Å². The Morgan fingerprint density at radius 1 is 1.20 bits per heavy atom. The van der Waals surface area contributed by atoms with Gasteiger partial charge in [0.2, 0.25) is 0 Å². The molecule has 3 unspecified atom stereocenters. The number of carbonyl (C=O) groups is 1. The lowest BCUT2D eigenvalue weighted by Crippen LogP contribution is -2.62. The average molecular weight is 351 g/mol. The van der Waals surface area contributed by atoms with E-state index in [1.165, 1.54) is 0 Å². The van der Waals surface area contributed by atoms with Crippen molar-refractivity contribution in [2.45, 2.75) is 91.8 Å². The first-order valence-corrected chi connectivity index (χ1v) is 10.4. The standard InChI is InChI=1S/C22H38O3/c1-7-10-20(4)13-17(23)21(5)14(2)8-11-22(15(3)19(20)24)12-9-16(25-6)18(21)22/h14-18,23H,7-13H2,1-6H3/t14-,15+,16?,17-,18?,20-,21+,22?/m1/s1. The third-order valence-corrected chi connectivity index (χ3v) is 8.98. The summed E-state index contributed by atoms with van der Waals surface area (Å²) in [7, 11) is 1.81. The first-order chi connectivity index (χ1) is 11.7. The largest absolute Gasteiger partial charge is 0.393 e. The Bertz CT molecular complexity index is 531. The molecule has 8 atom stereocenters. The average Bonchev–Trinajstić information content (AvgIpc) is 2.97. The summed E-state index contributed by atoms with van der Waals surface area (Å²) >= 11 is 0. The molecule has 3 saturated carbocycles. The van der Waals surface area contributed by atoms with Gasteiger partial charge in [0.15, 0.2) is 0 Å². The summed E-state index contributed by atoms with van der Waals surface area (Å²) in [5.74, 6) is 1.21. The molecule has 3 heteroatoms. The second-order valence-electron chi connectivity index (χ2n) is 9.95. The second kappa shape index (κ2) is 6.34. The van der Waals surface area contributed by atoms with Crippen LogP contribution >= 0.6 is 0 Å². The van der Waals surface area contributed by atoms with E-state index in [0.717, 1.165) is 38.5 Å². The van der Waals surface area contributed by atoms with Crippen LogP contribution in [0.25, 0.3) is 0 Å². The molecular weight excluding hydrogens is 312 g/mol. The van der Waals surface area contributed by atoms with Crippen LogP contribution in [0.15, 0.2) is 0 Å². The number of carbonyl (C=O) groups excluding carboxylic acids is 1. The van der Waals surface area contributed by atoms with Crippen molar-refractivity contribution in [3.8, 4) is 0 Å². The zero-order valence-electron chi connectivity index (χ0n) is 17.1. The van der Waals surface area contributed by atoms with Gasteiger partial charge in [-0.05, 0) is 55.8 Å². The van der Waals surface area contributed by atoms with Crippen LogP contribution in [0.5, 0.6) is 0 Å². The molecule has 3 nitrogen and oxygen atoms in total. The maximum absolute atomic E-state index is 13.6. The van der Waals surface area contributed by atoms with Gasteiger partial charge in [-0.25, -0.2) is 0 Å². The summed E-state index contributed by atoms with van der Waals surface area (Å²) in [6, 6.07) is 0. The van der Waals surface area contributed by atoms with Crippen LogP contribution in [0.1, 0.15) is 79.6 Å². The van der Waals surface area contributed by atoms with Crippen LogP contribution in [0, 0.1) is 34.0 Å². The normalized spacial score (nSPS) is 53.2. The van der Waals surface area contributed by atoms with Gasteiger partial charge in [0.25, 0.3) is 0 Å². The Balaban J connectivity index is 2.16. The second-order valence-corrected chi connectivity index (χ2v) is 9.95. The van der Waals surface area contributed by atoms with E-state index in [2.05, 4.69) is 34.6 Å². The van der Waals surface area contributed by atoms with E-state index in [4.69, 9.17) is 4.74 Å². The van der Waals surface area contributed by atoms with Gasteiger partial charge < -0.3 is 9.84 Å². The summed E-state index contributed by atoms with van der Waals surface area (Å²) in [4.78, 5) is 13.6. The Hall–Kier alpha value is -0.410. The molecular formula is C22H38O3. The lowest BCUT2D eigenvalue weighted by molar-refractivity contribution is -0.192. The Morgan fingerprint density at radius 3 is 2.44 bits per heavy atom. The fourth-order valence-corrected chi connectivity index (χ4v) is 7.31. The monoisotopic (exact) mass is 350 g/mol. The molecule has 0 aliphatic heterocycles. The number of aliphatic hydroxyl groups is 1. The molecule has 0 radical (unpaired) electrons. The van der Waals surface area contributed by atoms with E-state index in [1.54, 1.807) is 0 Å². The van der Waals surface area contributed by atoms with Crippen molar-refractivity contribution < 1.29 is 14.6 Å². The predicted octanol–water partition coefficient (Wildman–Crippen LogP) is 4.61. The molecule has 1 N–H and O–H groups in total. The molecule has 2 bridgehead atoms. The van der Waals surface area contributed by atoms with Crippen LogP contribution in [0.4, 0.5) is 0 Å². The van der Waals surface area contributed by atoms with Gasteiger partial charge in [-0.1, -0.05) is 41.0 Å². The molecule has 144 valence electrons. The molecule has 3 fully saturated rings. The first kappa shape index (κ1) is 19.4. The maximum atomic E-state index is 13.6. The zero-order chi connectivity index (χ0) is 18.6. The number of hydrogen-bond donors (Lipinski definition) is 1. The van der Waals surface area contributed by atoms with Crippen molar-refractivity contribution in [1.29, 1.82) is 0 Å². The molecule has 3 aliphatic carbocycles. The van der Waals surface area contributed by atoms with Crippen LogP contribution < -0.4 is 0 Å². The summed E-state index contributed by atoms with van der Waals surface area (Å²) in [6.45, 7) is 11.1. The summed E-state index contributed by atoms with van der Waals surface area (Å²) in [5.41, 5.74) is -0.552. The highest BCUT2D eigenvalue weighted by Gasteiger charge is 2.67. The Morgan fingerprint density at radius 2 is 1.84 bits per heavy atom. The smallest absolute Gasteiger partial charge is 0.142 e. The van der Waals surface area contributed by atoms with Crippen molar-refractivity contribution in [3.05, 3.63) is 0 Å². The molecule has 25 heavy (non-hydrogen) atoms. The zero-order valence-corrected chi connectivity index (χ0v) is 17.1. The summed E-state index contributed by atoms with van der Waals surface area (Å²) in [6.07, 6.45) is 6.53. The van der Waals surface area contributed by atoms with Crippen LogP contribution in [-0.2, 0) is 9.53 Å². The van der Waals surface area contributed by atoms with Gasteiger partial charge >= 0.3 is 0 Å². The van der Waals surface area contributed by atoms with E-state index in [1.807, 2.05) is 7.11 Å². The molecule has 3 aliphatic rings. The van der Waals surface area contributed by atoms with E-state index < -0.39 is 11.5 Å². The highest BCUT2D eigenvalue weighted by molar-refractivity contribution is 5.87. The fraction of sp³-hybridized carbons (Fsp3) is 0.955. The van der Waals surface area contributed by atoms with Crippen LogP contribution in [-0.4, -0.2) is 30.2 Å². The van der Waals surface area contributed by atoms with Gasteiger partial charge in [0.1, 0.15) is 5.78 Å². The first-order valence-electron chi connectivity index (χ1n) is 10.4. The number of rotatable bonds is 3. The van der Waals surface area contributed by atoms with Crippen molar-refractivity contribution in [1.82, 2.24) is 0 Å². The molecule has 0 aromatic rings. The minimum Gasteiger partial charge on any atom is -0.393 e. The quantitative estimate of drug-likeness (QED) is 0.808. The molecule has 3 rings (SSSR count). The van der Waals surface area contributed by atoms with Gasteiger partial charge in [-0.3, -0.25) is 4.79 Å². The number of Topliss-reactive ketones (excluding diaryl/α,β-unsaturated/α-hetero) is 1. The topological polar surface area (TPSA) is 46.5 Å². The molecule has 0 heterocycles. The highest BCUT2D eigenvalue weighted by atomic mass is 16.5. The number of ketones is 1. The molecule has 0 aromatic carbocycles. The van der Waals surface area contributed by atoms with Crippen molar-refractivity contribution in [2.75, 3.05) is 7.11 Å². The minimum absolute atomic E-state index is 0.00935. The van der Waals surface area contributed by atoms with E-state index in [-0.39, 0.29) is 28.8 Å². The lowest BCUT2D eigenvalue weighted by Gasteiger charge is -2.61. The Labute approximate surface area is 153 Å². The summed E-state index contributed by atoms with van der Waals surface area (Å²) in [5, 5.41) is 11.5.